The number of nitrogens with zero attached hydrogens (tertiary/aromatic N) is 4. The Morgan fingerprint density at radius 3 is 2.37 bits per heavy atom. The number of carbonyl (C=O) groups is 1. The summed E-state index contributed by atoms with van der Waals surface area (Å²) in [7, 11) is 0. The number of likely N-dealkylation sites (N-methyl/N-ethyl adjacent to an activating group) is 1. The lowest BCUT2D eigenvalue weighted by atomic mass is 9.96. The van der Waals surface area contributed by atoms with E-state index in [0.717, 1.165) is 38.5 Å². The maximum Gasteiger partial charge on any atom is 0.293 e. The minimum atomic E-state index is -0.119. The van der Waals surface area contributed by atoms with E-state index < -0.39 is 0 Å². The molecule has 1 N–H and O–H groups in total. The normalized spacial score (nSPS) is 17.8. The van der Waals surface area contributed by atoms with E-state index >= 15 is 0 Å². The Hall–Kier alpha value is -1.43. The van der Waals surface area contributed by atoms with Gasteiger partial charge in [0.15, 0.2) is 0 Å². The SMILES string of the molecule is CCN1CCN(C(=O)c2n[nH]c(C(C)(C)C)n2)CC1. The summed E-state index contributed by atoms with van der Waals surface area (Å²) in [5.41, 5.74) is -0.119. The van der Waals surface area contributed by atoms with E-state index in [1.54, 1.807) is 0 Å². The third-order valence-corrected chi connectivity index (χ3v) is 3.49. The topological polar surface area (TPSA) is 65.1 Å². The van der Waals surface area contributed by atoms with Crippen LogP contribution in [0, 0.1) is 0 Å². The van der Waals surface area contributed by atoms with E-state index in [2.05, 4.69) is 27.0 Å². The van der Waals surface area contributed by atoms with Gasteiger partial charge in [-0.1, -0.05) is 27.7 Å². The van der Waals surface area contributed by atoms with E-state index in [1.165, 1.54) is 0 Å². The largest absolute Gasteiger partial charge is 0.333 e. The van der Waals surface area contributed by atoms with E-state index in [0.29, 0.717) is 0 Å². The highest BCUT2D eigenvalue weighted by Gasteiger charge is 2.26. The molecule has 1 fully saturated rings. The van der Waals surface area contributed by atoms with Gasteiger partial charge in [-0.3, -0.25) is 9.89 Å². The molecule has 0 spiro atoms. The Labute approximate surface area is 114 Å². The molecule has 6 nitrogen and oxygen atoms in total. The molecule has 2 rings (SSSR count). The lowest BCUT2D eigenvalue weighted by molar-refractivity contribution is 0.0631. The van der Waals surface area contributed by atoms with Crippen LogP contribution in [0.15, 0.2) is 0 Å². The van der Waals surface area contributed by atoms with Gasteiger partial charge in [0.05, 0.1) is 0 Å². The maximum absolute atomic E-state index is 12.3. The van der Waals surface area contributed by atoms with Crippen LogP contribution in [0.1, 0.15) is 44.1 Å². The van der Waals surface area contributed by atoms with Crippen molar-refractivity contribution < 1.29 is 4.79 Å². The average molecular weight is 265 g/mol. The predicted molar refractivity (Wildman–Crippen MR) is 73.1 cm³/mol. The molecule has 1 aliphatic rings. The molecular weight excluding hydrogens is 242 g/mol. The number of hydrogen-bond acceptors (Lipinski definition) is 4. The minimum absolute atomic E-state index is 0.0671. The first-order valence-electron chi connectivity index (χ1n) is 6.86. The highest BCUT2D eigenvalue weighted by Crippen LogP contribution is 2.17. The number of carbonyl (C=O) groups excluding carboxylic acids is 1. The summed E-state index contributed by atoms with van der Waals surface area (Å²) >= 11 is 0. The molecule has 0 radical (unpaired) electrons. The molecule has 2 heterocycles. The van der Waals surface area contributed by atoms with Crippen molar-refractivity contribution in [3.63, 3.8) is 0 Å². The zero-order valence-electron chi connectivity index (χ0n) is 12.2. The second-order valence-corrected chi connectivity index (χ2v) is 5.98. The van der Waals surface area contributed by atoms with Crippen molar-refractivity contribution >= 4 is 5.91 Å². The van der Waals surface area contributed by atoms with Crippen LogP contribution in [0.2, 0.25) is 0 Å². The van der Waals surface area contributed by atoms with Crippen molar-refractivity contribution in [1.82, 2.24) is 25.0 Å². The first-order valence-corrected chi connectivity index (χ1v) is 6.86. The van der Waals surface area contributed by atoms with Crippen molar-refractivity contribution in [2.75, 3.05) is 32.7 Å². The number of hydrogen-bond donors (Lipinski definition) is 1. The molecule has 1 aromatic rings. The summed E-state index contributed by atoms with van der Waals surface area (Å²) in [6, 6.07) is 0. The van der Waals surface area contributed by atoms with Crippen LogP contribution in [0.25, 0.3) is 0 Å². The molecule has 106 valence electrons. The van der Waals surface area contributed by atoms with Gasteiger partial charge in [0.1, 0.15) is 5.82 Å². The molecule has 0 atom stereocenters. The van der Waals surface area contributed by atoms with Crippen LogP contribution in [0.3, 0.4) is 0 Å². The lowest BCUT2D eigenvalue weighted by Crippen LogP contribution is -2.48. The first kappa shape index (κ1) is 14.0. The van der Waals surface area contributed by atoms with Crippen molar-refractivity contribution in [3.05, 3.63) is 11.6 Å². The highest BCUT2D eigenvalue weighted by molar-refractivity contribution is 5.90. The number of rotatable bonds is 2. The zero-order chi connectivity index (χ0) is 14.0. The van der Waals surface area contributed by atoms with Crippen LogP contribution in [-0.4, -0.2) is 63.6 Å². The fourth-order valence-electron chi connectivity index (χ4n) is 2.10. The summed E-state index contributed by atoms with van der Waals surface area (Å²) in [6.07, 6.45) is 0. The van der Waals surface area contributed by atoms with Crippen molar-refractivity contribution in [2.24, 2.45) is 0 Å². The Balaban J connectivity index is 2.02. The summed E-state index contributed by atoms with van der Waals surface area (Å²) in [5.74, 6) is 0.973. The van der Waals surface area contributed by atoms with Gasteiger partial charge in [-0.05, 0) is 6.54 Å². The summed E-state index contributed by atoms with van der Waals surface area (Å²) in [4.78, 5) is 20.8. The van der Waals surface area contributed by atoms with Gasteiger partial charge >= 0.3 is 0 Å². The van der Waals surface area contributed by atoms with Crippen LogP contribution in [0.4, 0.5) is 0 Å². The molecular formula is C13H23N5O. The monoisotopic (exact) mass is 265 g/mol. The molecule has 1 aliphatic heterocycles. The number of amides is 1. The number of aromatic nitrogens is 3. The Kier molecular flexibility index (Phi) is 3.89. The highest BCUT2D eigenvalue weighted by atomic mass is 16.2. The standard InChI is InChI=1S/C13H23N5O/c1-5-17-6-8-18(9-7-17)11(19)10-14-12(16-15-10)13(2,3)4/h5-9H2,1-4H3,(H,14,15,16). The fourth-order valence-corrected chi connectivity index (χ4v) is 2.10. The minimum Gasteiger partial charge on any atom is -0.333 e. The van der Waals surface area contributed by atoms with E-state index in [-0.39, 0.29) is 17.1 Å². The van der Waals surface area contributed by atoms with Crippen LogP contribution >= 0.6 is 0 Å². The first-order chi connectivity index (χ1) is 8.91. The second kappa shape index (κ2) is 5.28. The van der Waals surface area contributed by atoms with Gasteiger partial charge in [0, 0.05) is 31.6 Å². The molecule has 0 saturated carbocycles. The van der Waals surface area contributed by atoms with E-state index in [1.807, 2.05) is 25.7 Å². The molecule has 1 aromatic heterocycles. The Morgan fingerprint density at radius 2 is 1.89 bits per heavy atom. The number of H-pyrrole nitrogens is 1. The molecule has 0 aromatic carbocycles. The average Bonchev–Trinajstić information content (AvgIpc) is 2.87. The smallest absolute Gasteiger partial charge is 0.293 e. The van der Waals surface area contributed by atoms with Gasteiger partial charge in [-0.15, -0.1) is 5.10 Å². The third kappa shape index (κ3) is 3.12. The van der Waals surface area contributed by atoms with Crippen LogP contribution in [-0.2, 0) is 5.41 Å². The van der Waals surface area contributed by atoms with Crippen molar-refractivity contribution in [2.45, 2.75) is 33.1 Å². The molecule has 6 heteroatoms. The van der Waals surface area contributed by atoms with E-state index in [9.17, 15) is 4.79 Å². The quantitative estimate of drug-likeness (QED) is 0.862. The number of piperazine rings is 1. The molecule has 19 heavy (non-hydrogen) atoms. The molecule has 0 bridgehead atoms. The van der Waals surface area contributed by atoms with Gasteiger partial charge in [0.2, 0.25) is 5.82 Å². The Morgan fingerprint density at radius 1 is 1.26 bits per heavy atom. The van der Waals surface area contributed by atoms with Crippen molar-refractivity contribution in [3.8, 4) is 0 Å². The van der Waals surface area contributed by atoms with Gasteiger partial charge in [-0.25, -0.2) is 4.98 Å². The van der Waals surface area contributed by atoms with E-state index in [4.69, 9.17) is 0 Å². The number of nitrogens with one attached hydrogen (secondary N) is 1. The second-order valence-electron chi connectivity index (χ2n) is 5.98. The molecule has 0 unspecified atom stereocenters. The third-order valence-electron chi connectivity index (χ3n) is 3.49. The summed E-state index contributed by atoms with van der Waals surface area (Å²) in [5, 5.41) is 6.92. The predicted octanol–water partition coefficient (Wildman–Crippen LogP) is 0.880. The lowest BCUT2D eigenvalue weighted by Gasteiger charge is -2.33. The fraction of sp³-hybridized carbons (Fsp3) is 0.769. The Bertz CT molecular complexity index is 440. The van der Waals surface area contributed by atoms with Gasteiger partial charge in [0.25, 0.3) is 5.91 Å². The van der Waals surface area contributed by atoms with Crippen LogP contribution in [0.5, 0.6) is 0 Å². The molecule has 0 aliphatic carbocycles. The maximum atomic E-state index is 12.3. The van der Waals surface area contributed by atoms with Gasteiger partial charge < -0.3 is 9.80 Å². The van der Waals surface area contributed by atoms with Crippen molar-refractivity contribution in [1.29, 1.82) is 0 Å². The van der Waals surface area contributed by atoms with Crippen LogP contribution < -0.4 is 0 Å². The van der Waals surface area contributed by atoms with Gasteiger partial charge in [-0.2, -0.15) is 0 Å². The summed E-state index contributed by atoms with van der Waals surface area (Å²) < 4.78 is 0. The molecule has 1 saturated heterocycles. The zero-order valence-corrected chi connectivity index (χ0v) is 12.2. The number of aromatic amines is 1. The summed E-state index contributed by atoms with van der Waals surface area (Å²) in [6.45, 7) is 12.7. The molecule has 1 amide bonds.